The van der Waals surface area contributed by atoms with Crippen LogP contribution in [0.15, 0.2) is 0 Å². The molecule has 0 radical (unpaired) electrons. The predicted molar refractivity (Wildman–Crippen MR) is 93.5 cm³/mol. The summed E-state index contributed by atoms with van der Waals surface area (Å²) in [5.41, 5.74) is 1.34. The van der Waals surface area contributed by atoms with Crippen LogP contribution < -0.4 is 10.2 Å². The lowest BCUT2D eigenvalue weighted by Crippen LogP contribution is -2.24. The molecule has 0 spiro atoms. The van der Waals surface area contributed by atoms with Gasteiger partial charge in [0.05, 0.1) is 5.69 Å². The number of nitrogens with zero attached hydrogens (tertiary/aromatic N) is 2. The average molecular weight is 310 g/mol. The van der Waals surface area contributed by atoms with E-state index in [1.807, 2.05) is 11.3 Å². The second-order valence-corrected chi connectivity index (χ2v) is 7.32. The fraction of sp³-hybridized carbons (Fsp3) is 0.824. The van der Waals surface area contributed by atoms with Crippen molar-refractivity contribution >= 4 is 16.5 Å². The molecule has 1 aliphatic carbocycles. The van der Waals surface area contributed by atoms with Crippen LogP contribution in [0, 0.1) is 0 Å². The van der Waals surface area contributed by atoms with Crippen molar-refractivity contribution in [2.24, 2.45) is 0 Å². The number of thiazole rings is 1. The van der Waals surface area contributed by atoms with Crippen LogP contribution in [0.5, 0.6) is 0 Å². The molecule has 0 bridgehead atoms. The van der Waals surface area contributed by atoms with Crippen molar-refractivity contribution in [2.45, 2.75) is 78.3 Å². The molecule has 0 aromatic carbocycles. The van der Waals surface area contributed by atoms with Gasteiger partial charge in [0.2, 0.25) is 0 Å². The van der Waals surface area contributed by atoms with Crippen molar-refractivity contribution in [2.75, 3.05) is 18.0 Å². The topological polar surface area (TPSA) is 28.2 Å². The zero-order valence-corrected chi connectivity index (χ0v) is 14.9. The van der Waals surface area contributed by atoms with Gasteiger partial charge in [-0.2, -0.15) is 0 Å². The van der Waals surface area contributed by atoms with E-state index in [0.29, 0.717) is 5.92 Å². The van der Waals surface area contributed by atoms with Crippen LogP contribution in [0.25, 0.3) is 0 Å². The van der Waals surface area contributed by atoms with Gasteiger partial charge in [-0.25, -0.2) is 4.98 Å². The number of hydrogen-bond acceptors (Lipinski definition) is 4. The molecule has 1 aliphatic rings. The minimum absolute atomic E-state index is 0.566. The van der Waals surface area contributed by atoms with Crippen LogP contribution >= 0.6 is 11.3 Å². The molecule has 1 aromatic rings. The van der Waals surface area contributed by atoms with E-state index < -0.39 is 0 Å². The summed E-state index contributed by atoms with van der Waals surface area (Å²) in [6.07, 6.45) is 6.24. The normalized spacial score (nSPS) is 16.2. The summed E-state index contributed by atoms with van der Waals surface area (Å²) in [5, 5.41) is 4.90. The molecule has 1 heterocycles. The molecule has 4 heteroatoms. The molecule has 3 nitrogen and oxygen atoms in total. The van der Waals surface area contributed by atoms with Crippen LogP contribution in [-0.4, -0.2) is 24.1 Å². The lowest BCUT2D eigenvalue weighted by atomic mass is 10.0. The third kappa shape index (κ3) is 4.68. The summed E-state index contributed by atoms with van der Waals surface area (Å²) in [6, 6.07) is 0.766. The quantitative estimate of drug-likeness (QED) is 0.688. The minimum Gasteiger partial charge on any atom is -0.348 e. The summed E-state index contributed by atoms with van der Waals surface area (Å²) in [5.74, 6) is 0.566. The first-order valence-corrected chi connectivity index (χ1v) is 9.49. The van der Waals surface area contributed by atoms with Gasteiger partial charge in [0, 0.05) is 30.6 Å². The fourth-order valence-electron chi connectivity index (χ4n) is 2.56. The minimum atomic E-state index is 0.566. The van der Waals surface area contributed by atoms with Crippen LogP contribution in [0.1, 0.15) is 76.3 Å². The highest BCUT2D eigenvalue weighted by molar-refractivity contribution is 7.15. The fourth-order valence-corrected chi connectivity index (χ4v) is 3.74. The summed E-state index contributed by atoms with van der Waals surface area (Å²) in [7, 11) is 0. The van der Waals surface area contributed by atoms with Gasteiger partial charge in [0.25, 0.3) is 0 Å². The Morgan fingerprint density at radius 3 is 2.43 bits per heavy atom. The van der Waals surface area contributed by atoms with E-state index in [1.165, 1.54) is 47.8 Å². The second-order valence-electron chi connectivity index (χ2n) is 6.26. The third-order valence-electron chi connectivity index (χ3n) is 4.18. The van der Waals surface area contributed by atoms with Gasteiger partial charge >= 0.3 is 0 Å². The molecule has 1 aromatic heterocycles. The highest BCUT2D eigenvalue weighted by Crippen LogP contribution is 2.33. The van der Waals surface area contributed by atoms with Crippen molar-refractivity contribution in [3.05, 3.63) is 10.6 Å². The third-order valence-corrected chi connectivity index (χ3v) is 5.31. The SMILES string of the molecule is CCCN(CCC)c1nc(C(C)CC)c(CNC2CC2)s1. The summed E-state index contributed by atoms with van der Waals surface area (Å²) in [6.45, 7) is 12.3. The zero-order chi connectivity index (χ0) is 15.2. The van der Waals surface area contributed by atoms with Gasteiger partial charge in [0.15, 0.2) is 5.13 Å². The largest absolute Gasteiger partial charge is 0.348 e. The first kappa shape index (κ1) is 16.8. The Morgan fingerprint density at radius 2 is 1.90 bits per heavy atom. The number of hydrogen-bond donors (Lipinski definition) is 1. The number of aromatic nitrogens is 1. The lowest BCUT2D eigenvalue weighted by Gasteiger charge is -2.20. The van der Waals surface area contributed by atoms with Crippen LogP contribution in [-0.2, 0) is 6.54 Å². The Hall–Kier alpha value is -0.610. The molecule has 1 saturated carbocycles. The Morgan fingerprint density at radius 1 is 1.24 bits per heavy atom. The van der Waals surface area contributed by atoms with Crippen molar-refractivity contribution in [1.29, 1.82) is 0 Å². The predicted octanol–water partition coefficient (Wildman–Crippen LogP) is 4.54. The molecular formula is C17H31N3S. The molecule has 2 rings (SSSR count). The molecule has 1 fully saturated rings. The maximum atomic E-state index is 5.02. The van der Waals surface area contributed by atoms with Crippen LogP contribution in [0.3, 0.4) is 0 Å². The second kappa shape index (κ2) is 8.14. The van der Waals surface area contributed by atoms with Gasteiger partial charge < -0.3 is 10.2 Å². The zero-order valence-electron chi connectivity index (χ0n) is 14.1. The Balaban J connectivity index is 2.15. The Kier molecular flexibility index (Phi) is 6.49. The van der Waals surface area contributed by atoms with Crippen LogP contribution in [0.4, 0.5) is 5.13 Å². The van der Waals surface area contributed by atoms with E-state index >= 15 is 0 Å². The van der Waals surface area contributed by atoms with Gasteiger partial charge in [-0.05, 0) is 38.0 Å². The smallest absolute Gasteiger partial charge is 0.185 e. The first-order chi connectivity index (χ1) is 10.2. The molecule has 1 N–H and O–H groups in total. The number of rotatable bonds is 10. The van der Waals surface area contributed by atoms with E-state index in [2.05, 4.69) is 37.9 Å². The Bertz CT molecular complexity index is 420. The van der Waals surface area contributed by atoms with E-state index in [-0.39, 0.29) is 0 Å². The van der Waals surface area contributed by atoms with Crippen molar-refractivity contribution < 1.29 is 0 Å². The maximum Gasteiger partial charge on any atom is 0.185 e. The van der Waals surface area contributed by atoms with Crippen molar-refractivity contribution in [3.8, 4) is 0 Å². The van der Waals surface area contributed by atoms with E-state index in [1.54, 1.807) is 0 Å². The molecular weight excluding hydrogens is 278 g/mol. The maximum absolute atomic E-state index is 5.02. The van der Waals surface area contributed by atoms with Gasteiger partial charge in [-0.15, -0.1) is 11.3 Å². The van der Waals surface area contributed by atoms with Gasteiger partial charge in [0.1, 0.15) is 0 Å². The number of anilines is 1. The first-order valence-electron chi connectivity index (χ1n) is 8.67. The standard InChI is InChI=1S/C17H31N3S/c1-5-10-20(11-6-2)17-19-16(13(4)7-3)15(21-17)12-18-14-8-9-14/h13-14,18H,5-12H2,1-4H3. The highest BCUT2D eigenvalue weighted by Gasteiger charge is 2.23. The highest BCUT2D eigenvalue weighted by atomic mass is 32.1. The molecule has 21 heavy (non-hydrogen) atoms. The molecule has 120 valence electrons. The molecule has 1 atom stereocenters. The van der Waals surface area contributed by atoms with E-state index in [4.69, 9.17) is 4.98 Å². The van der Waals surface area contributed by atoms with Crippen molar-refractivity contribution in [3.63, 3.8) is 0 Å². The summed E-state index contributed by atoms with van der Waals surface area (Å²) in [4.78, 5) is 8.95. The molecule has 0 saturated heterocycles. The van der Waals surface area contributed by atoms with E-state index in [0.717, 1.165) is 25.7 Å². The Labute approximate surface area is 134 Å². The average Bonchev–Trinajstić information content (AvgIpc) is 3.22. The summed E-state index contributed by atoms with van der Waals surface area (Å²) >= 11 is 1.91. The van der Waals surface area contributed by atoms with Crippen molar-refractivity contribution in [1.82, 2.24) is 10.3 Å². The van der Waals surface area contributed by atoms with Crippen LogP contribution in [0.2, 0.25) is 0 Å². The van der Waals surface area contributed by atoms with Gasteiger partial charge in [-0.1, -0.05) is 27.7 Å². The lowest BCUT2D eigenvalue weighted by molar-refractivity contribution is 0.659. The number of nitrogens with one attached hydrogen (secondary N) is 1. The van der Waals surface area contributed by atoms with E-state index in [9.17, 15) is 0 Å². The molecule has 0 aliphatic heterocycles. The summed E-state index contributed by atoms with van der Waals surface area (Å²) < 4.78 is 0. The monoisotopic (exact) mass is 309 g/mol. The molecule has 1 unspecified atom stereocenters. The molecule has 0 amide bonds. The van der Waals surface area contributed by atoms with Gasteiger partial charge in [-0.3, -0.25) is 0 Å².